The maximum absolute atomic E-state index is 5.02. The summed E-state index contributed by atoms with van der Waals surface area (Å²) in [6.07, 6.45) is 5.02. The lowest BCUT2D eigenvalue weighted by Crippen LogP contribution is -2.03. The highest BCUT2D eigenvalue weighted by Gasteiger charge is 1.84. The first-order chi connectivity index (χ1) is 4.93. The third-order valence-electron chi connectivity index (χ3n) is 1.24. The van der Waals surface area contributed by atoms with E-state index in [2.05, 4.69) is 11.4 Å². The standard InChI is InChI=1S/C9H9N/c1-2-10-8-9-6-4-3-5-7-9/h1,3-7,10H,8H2. The van der Waals surface area contributed by atoms with Crippen molar-refractivity contribution in [3.63, 3.8) is 0 Å². The molecule has 0 aromatic heterocycles. The van der Waals surface area contributed by atoms with Gasteiger partial charge in [0.2, 0.25) is 0 Å². The van der Waals surface area contributed by atoms with Gasteiger partial charge < -0.3 is 5.32 Å². The summed E-state index contributed by atoms with van der Waals surface area (Å²) in [6.45, 7) is 0.747. The number of nitrogens with one attached hydrogen (secondary N) is 1. The van der Waals surface area contributed by atoms with Gasteiger partial charge in [0.25, 0.3) is 0 Å². The normalized spacial score (nSPS) is 8.30. The van der Waals surface area contributed by atoms with Crippen LogP contribution in [0.2, 0.25) is 0 Å². The third-order valence-corrected chi connectivity index (χ3v) is 1.24. The van der Waals surface area contributed by atoms with E-state index in [1.54, 1.807) is 0 Å². The molecule has 0 radical (unpaired) electrons. The van der Waals surface area contributed by atoms with Crippen LogP contribution in [0.15, 0.2) is 30.3 Å². The summed E-state index contributed by atoms with van der Waals surface area (Å²) in [4.78, 5) is 0. The average molecular weight is 131 g/mol. The maximum atomic E-state index is 5.02. The Bertz CT molecular complexity index is 220. The number of rotatable bonds is 2. The Morgan fingerprint density at radius 1 is 1.30 bits per heavy atom. The fourth-order valence-corrected chi connectivity index (χ4v) is 0.749. The summed E-state index contributed by atoms with van der Waals surface area (Å²) < 4.78 is 0. The van der Waals surface area contributed by atoms with Crippen molar-refractivity contribution in [2.75, 3.05) is 0 Å². The lowest BCUT2D eigenvalue weighted by atomic mass is 10.2. The predicted molar refractivity (Wildman–Crippen MR) is 42.1 cm³/mol. The van der Waals surface area contributed by atoms with Crippen LogP contribution in [0.3, 0.4) is 0 Å². The van der Waals surface area contributed by atoms with E-state index in [9.17, 15) is 0 Å². The molecule has 0 unspecified atom stereocenters. The summed E-state index contributed by atoms with van der Waals surface area (Å²) in [6, 6.07) is 12.4. The Balaban J connectivity index is 2.52. The van der Waals surface area contributed by atoms with Crippen LogP contribution in [-0.4, -0.2) is 0 Å². The minimum atomic E-state index is 0.747. The van der Waals surface area contributed by atoms with Crippen LogP contribution in [0.1, 0.15) is 5.56 Å². The molecule has 0 saturated carbocycles. The molecule has 0 aliphatic carbocycles. The monoisotopic (exact) mass is 131 g/mol. The van der Waals surface area contributed by atoms with Gasteiger partial charge in [-0.25, -0.2) is 0 Å². The number of terminal acetylenes is 1. The van der Waals surface area contributed by atoms with Gasteiger partial charge in [-0.2, -0.15) is 0 Å². The van der Waals surface area contributed by atoms with E-state index in [1.807, 2.05) is 30.3 Å². The van der Waals surface area contributed by atoms with Crippen molar-refractivity contribution in [2.24, 2.45) is 0 Å². The van der Waals surface area contributed by atoms with E-state index in [4.69, 9.17) is 6.42 Å². The Hall–Kier alpha value is -1.42. The molecule has 50 valence electrons. The first-order valence-corrected chi connectivity index (χ1v) is 3.16. The van der Waals surface area contributed by atoms with Gasteiger partial charge in [0.15, 0.2) is 0 Å². The Kier molecular flexibility index (Phi) is 2.39. The summed E-state index contributed by atoms with van der Waals surface area (Å²) in [5.41, 5.74) is 1.21. The first-order valence-electron chi connectivity index (χ1n) is 3.16. The van der Waals surface area contributed by atoms with Crippen LogP contribution in [0, 0.1) is 12.5 Å². The highest BCUT2D eigenvalue weighted by atomic mass is 14.8. The highest BCUT2D eigenvalue weighted by Crippen LogP contribution is 1.95. The maximum Gasteiger partial charge on any atom is 0.0480 e. The molecule has 0 bridgehead atoms. The molecule has 0 heterocycles. The molecular formula is C9H9N. The van der Waals surface area contributed by atoms with Gasteiger partial charge in [0.1, 0.15) is 0 Å². The Labute approximate surface area is 61.1 Å². The van der Waals surface area contributed by atoms with Crippen LogP contribution < -0.4 is 5.32 Å². The molecule has 1 nitrogen and oxygen atoms in total. The zero-order chi connectivity index (χ0) is 7.23. The summed E-state index contributed by atoms with van der Waals surface area (Å²) in [5.74, 6) is 0. The van der Waals surface area contributed by atoms with E-state index < -0.39 is 0 Å². The van der Waals surface area contributed by atoms with E-state index in [-0.39, 0.29) is 0 Å². The van der Waals surface area contributed by atoms with Gasteiger partial charge in [0.05, 0.1) is 0 Å². The summed E-state index contributed by atoms with van der Waals surface area (Å²) in [7, 11) is 0. The van der Waals surface area contributed by atoms with Gasteiger partial charge >= 0.3 is 0 Å². The minimum Gasteiger partial charge on any atom is -0.342 e. The second kappa shape index (κ2) is 3.58. The van der Waals surface area contributed by atoms with Crippen molar-refractivity contribution >= 4 is 0 Å². The molecule has 1 aromatic carbocycles. The highest BCUT2D eigenvalue weighted by molar-refractivity contribution is 5.14. The topological polar surface area (TPSA) is 12.0 Å². The third kappa shape index (κ3) is 1.83. The first kappa shape index (κ1) is 6.70. The molecule has 0 aliphatic rings. The Morgan fingerprint density at radius 2 is 2.00 bits per heavy atom. The van der Waals surface area contributed by atoms with Crippen molar-refractivity contribution < 1.29 is 0 Å². The van der Waals surface area contributed by atoms with Crippen LogP contribution in [-0.2, 0) is 6.54 Å². The molecule has 1 heteroatoms. The van der Waals surface area contributed by atoms with Crippen LogP contribution >= 0.6 is 0 Å². The van der Waals surface area contributed by atoms with Crippen molar-refractivity contribution in [2.45, 2.75) is 6.54 Å². The van der Waals surface area contributed by atoms with Crippen molar-refractivity contribution in [1.29, 1.82) is 0 Å². The van der Waals surface area contributed by atoms with E-state index in [1.165, 1.54) is 5.56 Å². The lowest BCUT2D eigenvalue weighted by Gasteiger charge is -1.96. The Morgan fingerprint density at radius 3 is 2.60 bits per heavy atom. The lowest BCUT2D eigenvalue weighted by molar-refractivity contribution is 0.901. The van der Waals surface area contributed by atoms with Crippen LogP contribution in [0.4, 0.5) is 0 Å². The van der Waals surface area contributed by atoms with Crippen LogP contribution in [0.5, 0.6) is 0 Å². The number of hydrogen-bond donors (Lipinski definition) is 1. The van der Waals surface area contributed by atoms with Gasteiger partial charge in [-0.15, -0.1) is 0 Å². The molecule has 0 aliphatic heterocycles. The molecule has 0 fully saturated rings. The molecule has 0 atom stereocenters. The largest absolute Gasteiger partial charge is 0.342 e. The van der Waals surface area contributed by atoms with E-state index in [0.717, 1.165) is 6.54 Å². The molecule has 10 heavy (non-hydrogen) atoms. The molecule has 1 aromatic rings. The van der Waals surface area contributed by atoms with E-state index >= 15 is 0 Å². The van der Waals surface area contributed by atoms with Gasteiger partial charge in [-0.05, 0) is 5.56 Å². The SMILES string of the molecule is C#CNCc1ccccc1. The van der Waals surface area contributed by atoms with Crippen molar-refractivity contribution in [3.8, 4) is 12.5 Å². The second-order valence-corrected chi connectivity index (χ2v) is 1.98. The zero-order valence-electron chi connectivity index (χ0n) is 5.67. The van der Waals surface area contributed by atoms with Crippen molar-refractivity contribution in [3.05, 3.63) is 35.9 Å². The molecule has 0 spiro atoms. The van der Waals surface area contributed by atoms with Gasteiger partial charge in [-0.3, -0.25) is 0 Å². The van der Waals surface area contributed by atoms with Crippen LogP contribution in [0.25, 0.3) is 0 Å². The summed E-state index contributed by atoms with van der Waals surface area (Å²) >= 11 is 0. The fourth-order valence-electron chi connectivity index (χ4n) is 0.749. The smallest absolute Gasteiger partial charge is 0.0480 e. The zero-order valence-corrected chi connectivity index (χ0v) is 5.67. The average Bonchev–Trinajstić information content (AvgIpc) is 2.03. The summed E-state index contributed by atoms with van der Waals surface area (Å²) in [5, 5.41) is 2.79. The molecule has 1 N–H and O–H groups in total. The number of benzene rings is 1. The molecular weight excluding hydrogens is 122 g/mol. The fraction of sp³-hybridized carbons (Fsp3) is 0.111. The van der Waals surface area contributed by atoms with E-state index in [0.29, 0.717) is 0 Å². The van der Waals surface area contributed by atoms with Gasteiger partial charge in [0, 0.05) is 12.6 Å². The van der Waals surface area contributed by atoms with Gasteiger partial charge in [-0.1, -0.05) is 36.8 Å². The minimum absolute atomic E-state index is 0.747. The molecule has 0 amide bonds. The molecule has 0 saturated heterocycles. The molecule has 1 rings (SSSR count). The quantitative estimate of drug-likeness (QED) is 0.472. The second-order valence-electron chi connectivity index (χ2n) is 1.98. The number of hydrogen-bond acceptors (Lipinski definition) is 1. The predicted octanol–water partition coefficient (Wildman–Crippen LogP) is 1.37. The van der Waals surface area contributed by atoms with Crippen molar-refractivity contribution in [1.82, 2.24) is 5.32 Å².